The van der Waals surface area contributed by atoms with Gasteiger partial charge in [-0.05, 0) is 40.8 Å². The highest BCUT2D eigenvalue weighted by molar-refractivity contribution is 5.79. The first-order valence-electron chi connectivity index (χ1n) is 9.68. The van der Waals surface area contributed by atoms with Crippen LogP contribution in [0, 0.1) is 17.2 Å². The third kappa shape index (κ3) is 4.71. The van der Waals surface area contributed by atoms with Crippen LogP contribution in [0.5, 0.6) is 5.75 Å². The van der Waals surface area contributed by atoms with E-state index < -0.39 is 0 Å². The van der Waals surface area contributed by atoms with Crippen LogP contribution in [0.2, 0.25) is 0 Å². The Hall–Kier alpha value is -2.84. The van der Waals surface area contributed by atoms with E-state index in [0.29, 0.717) is 12.5 Å². The second kappa shape index (κ2) is 8.90. The highest BCUT2D eigenvalue weighted by Crippen LogP contribution is 2.23. The standard InChI is InChI=1S/C23H27N3O2/c1-16(2)22-9-6-18(10-19(22)11-24)15-28-21-7-4-17(5-8-21)12-26-13-20(14-26)23(27)25-3/h4-10,16,20H,12-15H2,1-3H3,(H,25,27). The van der Waals surface area contributed by atoms with Gasteiger partial charge in [-0.1, -0.05) is 38.1 Å². The average molecular weight is 377 g/mol. The molecule has 1 heterocycles. The quantitative estimate of drug-likeness (QED) is 0.803. The predicted molar refractivity (Wildman–Crippen MR) is 109 cm³/mol. The molecule has 1 aliphatic heterocycles. The summed E-state index contributed by atoms with van der Waals surface area (Å²) in [5.74, 6) is 1.38. The fourth-order valence-corrected chi connectivity index (χ4v) is 3.48. The molecule has 0 aliphatic carbocycles. The van der Waals surface area contributed by atoms with E-state index in [-0.39, 0.29) is 11.8 Å². The monoisotopic (exact) mass is 377 g/mol. The van der Waals surface area contributed by atoms with Gasteiger partial charge in [0.25, 0.3) is 0 Å². The van der Waals surface area contributed by atoms with E-state index in [4.69, 9.17) is 4.74 Å². The first kappa shape index (κ1) is 19.9. The summed E-state index contributed by atoms with van der Waals surface area (Å²) in [6.07, 6.45) is 0. The van der Waals surface area contributed by atoms with E-state index in [9.17, 15) is 10.1 Å². The van der Waals surface area contributed by atoms with Crippen molar-refractivity contribution in [3.05, 3.63) is 64.7 Å². The predicted octanol–water partition coefficient (Wildman–Crippen LogP) is 3.44. The van der Waals surface area contributed by atoms with Gasteiger partial charge in [0.15, 0.2) is 0 Å². The van der Waals surface area contributed by atoms with Gasteiger partial charge in [0.1, 0.15) is 12.4 Å². The maximum absolute atomic E-state index is 11.5. The minimum atomic E-state index is 0.119. The number of benzene rings is 2. The number of amides is 1. The van der Waals surface area contributed by atoms with Gasteiger partial charge in [-0.25, -0.2) is 0 Å². The van der Waals surface area contributed by atoms with Crippen LogP contribution in [-0.4, -0.2) is 30.9 Å². The van der Waals surface area contributed by atoms with Crippen molar-refractivity contribution in [3.8, 4) is 11.8 Å². The maximum atomic E-state index is 11.5. The van der Waals surface area contributed by atoms with Crippen molar-refractivity contribution in [2.75, 3.05) is 20.1 Å². The van der Waals surface area contributed by atoms with Crippen molar-refractivity contribution in [1.82, 2.24) is 10.2 Å². The zero-order valence-electron chi connectivity index (χ0n) is 16.7. The Morgan fingerprint density at radius 3 is 2.50 bits per heavy atom. The molecule has 0 spiro atoms. The Kier molecular flexibility index (Phi) is 6.33. The summed E-state index contributed by atoms with van der Waals surface area (Å²) in [6.45, 7) is 7.08. The van der Waals surface area contributed by atoms with Crippen molar-refractivity contribution >= 4 is 5.91 Å². The second-order valence-electron chi connectivity index (χ2n) is 7.63. The first-order valence-corrected chi connectivity index (χ1v) is 9.68. The van der Waals surface area contributed by atoms with Crippen LogP contribution in [0.4, 0.5) is 0 Å². The average Bonchev–Trinajstić information content (AvgIpc) is 2.68. The number of carbonyl (C=O) groups is 1. The van der Waals surface area contributed by atoms with Gasteiger partial charge < -0.3 is 10.1 Å². The molecule has 146 valence electrons. The minimum absolute atomic E-state index is 0.119. The molecule has 28 heavy (non-hydrogen) atoms. The molecule has 1 aliphatic rings. The van der Waals surface area contributed by atoms with Gasteiger partial charge in [0.2, 0.25) is 5.91 Å². The minimum Gasteiger partial charge on any atom is -0.489 e. The Morgan fingerprint density at radius 1 is 1.21 bits per heavy atom. The smallest absolute Gasteiger partial charge is 0.225 e. The SMILES string of the molecule is CNC(=O)C1CN(Cc2ccc(OCc3ccc(C(C)C)c(C#N)c3)cc2)C1. The van der Waals surface area contributed by atoms with Crippen molar-refractivity contribution < 1.29 is 9.53 Å². The molecule has 1 N–H and O–H groups in total. The Bertz CT molecular complexity index is 862. The molecule has 1 saturated heterocycles. The molecule has 2 aromatic rings. The fourth-order valence-electron chi connectivity index (χ4n) is 3.48. The highest BCUT2D eigenvalue weighted by Gasteiger charge is 2.31. The zero-order valence-corrected chi connectivity index (χ0v) is 16.7. The summed E-state index contributed by atoms with van der Waals surface area (Å²) >= 11 is 0. The van der Waals surface area contributed by atoms with Crippen molar-refractivity contribution in [2.45, 2.75) is 32.9 Å². The molecule has 1 fully saturated rings. The van der Waals surface area contributed by atoms with Crippen molar-refractivity contribution in [2.24, 2.45) is 5.92 Å². The molecule has 5 heteroatoms. The normalized spacial score (nSPS) is 14.4. The lowest BCUT2D eigenvalue weighted by Crippen LogP contribution is -2.52. The highest BCUT2D eigenvalue weighted by atomic mass is 16.5. The largest absolute Gasteiger partial charge is 0.489 e. The van der Waals surface area contributed by atoms with Crippen LogP contribution in [0.1, 0.15) is 42.0 Å². The molecular weight excluding hydrogens is 350 g/mol. The zero-order chi connectivity index (χ0) is 20.1. The number of nitriles is 1. The number of nitrogens with zero attached hydrogens (tertiary/aromatic N) is 2. The Balaban J connectivity index is 1.51. The van der Waals surface area contributed by atoms with Crippen molar-refractivity contribution in [3.63, 3.8) is 0 Å². The maximum Gasteiger partial charge on any atom is 0.225 e. The third-order valence-corrected chi connectivity index (χ3v) is 5.17. The van der Waals surface area contributed by atoms with Gasteiger partial charge in [0.05, 0.1) is 17.6 Å². The fraction of sp³-hybridized carbons (Fsp3) is 0.391. The molecule has 0 atom stereocenters. The molecule has 0 bridgehead atoms. The van der Waals surface area contributed by atoms with Crippen LogP contribution in [0.15, 0.2) is 42.5 Å². The number of hydrogen-bond acceptors (Lipinski definition) is 4. The van der Waals surface area contributed by atoms with Crippen LogP contribution in [0.25, 0.3) is 0 Å². The number of carbonyl (C=O) groups excluding carboxylic acids is 1. The molecule has 1 amide bonds. The molecule has 5 nitrogen and oxygen atoms in total. The van der Waals surface area contributed by atoms with Crippen LogP contribution < -0.4 is 10.1 Å². The number of nitrogens with one attached hydrogen (secondary N) is 1. The number of rotatable bonds is 7. The number of likely N-dealkylation sites (tertiary alicyclic amines) is 1. The summed E-state index contributed by atoms with van der Waals surface area (Å²) in [6, 6.07) is 16.3. The van der Waals surface area contributed by atoms with Gasteiger partial charge in [-0.3, -0.25) is 9.69 Å². The molecule has 0 unspecified atom stereocenters. The van der Waals surface area contributed by atoms with Crippen LogP contribution in [-0.2, 0) is 17.9 Å². The third-order valence-electron chi connectivity index (χ3n) is 5.17. The Morgan fingerprint density at radius 2 is 1.89 bits per heavy atom. The molecular formula is C23H27N3O2. The van der Waals surface area contributed by atoms with Gasteiger partial charge in [0, 0.05) is 26.7 Å². The molecule has 0 aromatic heterocycles. The summed E-state index contributed by atoms with van der Waals surface area (Å²) in [4.78, 5) is 13.8. The molecule has 3 rings (SSSR count). The summed E-state index contributed by atoms with van der Waals surface area (Å²) < 4.78 is 5.88. The van der Waals surface area contributed by atoms with E-state index in [0.717, 1.165) is 42.1 Å². The summed E-state index contributed by atoms with van der Waals surface area (Å²) in [5.41, 5.74) is 3.98. The lowest BCUT2D eigenvalue weighted by molar-refractivity contribution is -0.129. The lowest BCUT2D eigenvalue weighted by atomic mass is 9.96. The van der Waals surface area contributed by atoms with Crippen LogP contribution >= 0.6 is 0 Å². The summed E-state index contributed by atoms with van der Waals surface area (Å²) in [5, 5.41) is 12.1. The molecule has 0 radical (unpaired) electrons. The van der Waals surface area contributed by atoms with Gasteiger partial charge >= 0.3 is 0 Å². The van der Waals surface area contributed by atoms with E-state index in [1.165, 1.54) is 5.56 Å². The van der Waals surface area contributed by atoms with E-state index >= 15 is 0 Å². The number of hydrogen-bond donors (Lipinski definition) is 1. The van der Waals surface area contributed by atoms with Crippen molar-refractivity contribution in [1.29, 1.82) is 5.26 Å². The van der Waals surface area contributed by atoms with E-state index in [1.54, 1.807) is 7.05 Å². The number of ether oxygens (including phenoxy) is 1. The first-order chi connectivity index (χ1) is 13.5. The second-order valence-corrected chi connectivity index (χ2v) is 7.63. The van der Waals surface area contributed by atoms with E-state index in [1.807, 2.05) is 30.3 Å². The van der Waals surface area contributed by atoms with Gasteiger partial charge in [-0.2, -0.15) is 5.26 Å². The molecule has 2 aromatic carbocycles. The Labute approximate surface area is 166 Å². The van der Waals surface area contributed by atoms with Gasteiger partial charge in [-0.15, -0.1) is 0 Å². The summed E-state index contributed by atoms with van der Waals surface area (Å²) in [7, 11) is 1.68. The van der Waals surface area contributed by atoms with Crippen LogP contribution in [0.3, 0.4) is 0 Å². The van der Waals surface area contributed by atoms with E-state index in [2.05, 4.69) is 42.3 Å². The topological polar surface area (TPSA) is 65.4 Å². The molecule has 0 saturated carbocycles. The lowest BCUT2D eigenvalue weighted by Gasteiger charge is -2.38.